The lowest BCUT2D eigenvalue weighted by atomic mass is 9.50. The fourth-order valence-electron chi connectivity index (χ4n) is 4.22. The van der Waals surface area contributed by atoms with Crippen LogP contribution in [0.5, 0.6) is 0 Å². The quantitative estimate of drug-likeness (QED) is 0.650. The predicted octanol–water partition coefficient (Wildman–Crippen LogP) is 1.50. The van der Waals surface area contributed by atoms with Crippen molar-refractivity contribution in [3.05, 3.63) is 11.8 Å². The molecule has 4 aliphatic rings. The Hall–Kier alpha value is -1.89. The average Bonchev–Trinajstić information content (AvgIpc) is 2.45. The number of nitrogens with one attached hydrogen (secondary N) is 2. The third-order valence-electron chi connectivity index (χ3n) is 5.96. The zero-order valence-corrected chi connectivity index (χ0v) is 14.0. The van der Waals surface area contributed by atoms with Crippen molar-refractivity contribution in [1.29, 1.82) is 0 Å². The summed E-state index contributed by atoms with van der Waals surface area (Å²) in [5.41, 5.74) is 5.93. The molecule has 130 valence electrons. The number of aliphatic hydroxyl groups is 1. The molecule has 0 saturated heterocycles. The minimum atomic E-state index is -0.542. The van der Waals surface area contributed by atoms with E-state index in [1.807, 2.05) is 0 Å². The second kappa shape index (κ2) is 5.58. The van der Waals surface area contributed by atoms with Gasteiger partial charge in [0, 0.05) is 17.8 Å². The number of anilines is 2. The standard InChI is InChI=1S/C17H25N5O2/c1-9-2-3-11(4-13(9)23)20-15-12(14(18)24)8-19-16(21-15)22-17-5-10(6-17)7-17/h8-11,13,23H,2-7H2,1H3,(H2,18,24)(H2,19,20,21,22). The summed E-state index contributed by atoms with van der Waals surface area (Å²) in [4.78, 5) is 20.5. The van der Waals surface area contributed by atoms with Gasteiger partial charge >= 0.3 is 0 Å². The highest BCUT2D eigenvalue weighted by molar-refractivity contribution is 5.97. The minimum absolute atomic E-state index is 0.0898. The van der Waals surface area contributed by atoms with Crippen LogP contribution in [0.3, 0.4) is 0 Å². The molecule has 5 N–H and O–H groups in total. The fraction of sp³-hybridized carbons (Fsp3) is 0.706. The molecule has 0 spiro atoms. The SMILES string of the molecule is CC1CCC(Nc2nc(NC34CC(C3)C4)ncc2C(N)=O)CC1O. The average molecular weight is 331 g/mol. The van der Waals surface area contributed by atoms with Gasteiger partial charge in [-0.2, -0.15) is 4.98 Å². The molecule has 4 aliphatic carbocycles. The summed E-state index contributed by atoms with van der Waals surface area (Å²) in [5, 5.41) is 16.8. The molecule has 3 unspecified atom stereocenters. The van der Waals surface area contributed by atoms with E-state index in [0.717, 1.165) is 18.8 Å². The van der Waals surface area contributed by atoms with Gasteiger partial charge in [0.15, 0.2) is 0 Å². The van der Waals surface area contributed by atoms with E-state index in [2.05, 4.69) is 27.5 Å². The smallest absolute Gasteiger partial charge is 0.254 e. The van der Waals surface area contributed by atoms with Gasteiger partial charge in [-0.3, -0.25) is 4.79 Å². The number of nitrogens with zero attached hydrogens (tertiary/aromatic N) is 2. The van der Waals surface area contributed by atoms with E-state index in [1.54, 1.807) is 0 Å². The second-order valence-corrected chi connectivity index (χ2v) is 7.90. The zero-order valence-electron chi connectivity index (χ0n) is 14.0. The molecule has 7 heteroatoms. The first kappa shape index (κ1) is 15.6. The molecule has 1 aromatic rings. The topological polar surface area (TPSA) is 113 Å². The van der Waals surface area contributed by atoms with Crippen LogP contribution in [0.25, 0.3) is 0 Å². The van der Waals surface area contributed by atoms with Crippen molar-refractivity contribution in [2.75, 3.05) is 10.6 Å². The van der Waals surface area contributed by atoms with Crippen LogP contribution >= 0.6 is 0 Å². The van der Waals surface area contributed by atoms with Crippen molar-refractivity contribution in [3.8, 4) is 0 Å². The lowest BCUT2D eigenvalue weighted by Gasteiger charge is -2.61. The van der Waals surface area contributed by atoms with Gasteiger partial charge < -0.3 is 21.5 Å². The molecule has 5 rings (SSSR count). The van der Waals surface area contributed by atoms with Crippen molar-refractivity contribution in [2.45, 2.75) is 63.1 Å². The van der Waals surface area contributed by atoms with Crippen LogP contribution in [0, 0.1) is 11.8 Å². The van der Waals surface area contributed by atoms with E-state index in [1.165, 1.54) is 25.5 Å². The zero-order chi connectivity index (χ0) is 16.9. The maximum absolute atomic E-state index is 11.7. The Morgan fingerprint density at radius 3 is 2.71 bits per heavy atom. The van der Waals surface area contributed by atoms with Gasteiger partial charge in [-0.05, 0) is 50.4 Å². The predicted molar refractivity (Wildman–Crippen MR) is 90.7 cm³/mol. The van der Waals surface area contributed by atoms with Crippen LogP contribution in [0.15, 0.2) is 6.20 Å². The molecule has 1 amide bonds. The van der Waals surface area contributed by atoms with Gasteiger partial charge in [-0.25, -0.2) is 4.98 Å². The molecular formula is C17H25N5O2. The van der Waals surface area contributed by atoms with Crippen LogP contribution in [0.1, 0.15) is 55.8 Å². The van der Waals surface area contributed by atoms with Crippen molar-refractivity contribution in [2.24, 2.45) is 17.6 Å². The molecule has 4 fully saturated rings. The lowest BCUT2D eigenvalue weighted by molar-refractivity contribution is 0.00147. The highest BCUT2D eigenvalue weighted by Crippen LogP contribution is 2.58. The molecule has 1 aromatic heterocycles. The summed E-state index contributed by atoms with van der Waals surface area (Å²) >= 11 is 0. The Kier molecular flexibility index (Phi) is 3.63. The molecule has 7 nitrogen and oxygen atoms in total. The summed E-state index contributed by atoms with van der Waals surface area (Å²) in [6.45, 7) is 2.06. The van der Waals surface area contributed by atoms with Gasteiger partial charge in [0.25, 0.3) is 5.91 Å². The van der Waals surface area contributed by atoms with E-state index in [-0.39, 0.29) is 17.7 Å². The van der Waals surface area contributed by atoms with Crippen LogP contribution in [0.2, 0.25) is 0 Å². The number of primary amides is 1. The van der Waals surface area contributed by atoms with Crippen molar-refractivity contribution < 1.29 is 9.90 Å². The molecule has 4 saturated carbocycles. The Bertz CT molecular complexity index is 647. The van der Waals surface area contributed by atoms with Crippen LogP contribution in [0.4, 0.5) is 11.8 Å². The van der Waals surface area contributed by atoms with Gasteiger partial charge in [0.05, 0.1) is 11.7 Å². The number of aliphatic hydroxyl groups excluding tert-OH is 1. The van der Waals surface area contributed by atoms with E-state index in [0.29, 0.717) is 29.7 Å². The number of carbonyl (C=O) groups is 1. The number of nitrogens with two attached hydrogens (primary N) is 1. The van der Waals surface area contributed by atoms with Crippen molar-refractivity contribution >= 4 is 17.7 Å². The van der Waals surface area contributed by atoms with Crippen LogP contribution in [-0.4, -0.2) is 38.7 Å². The molecule has 0 aliphatic heterocycles. The highest BCUT2D eigenvalue weighted by Gasteiger charge is 2.57. The summed E-state index contributed by atoms with van der Waals surface area (Å²) < 4.78 is 0. The number of rotatable bonds is 5. The monoisotopic (exact) mass is 331 g/mol. The molecule has 24 heavy (non-hydrogen) atoms. The number of carbonyl (C=O) groups excluding carboxylic acids is 1. The Morgan fingerprint density at radius 1 is 1.38 bits per heavy atom. The molecule has 3 atom stereocenters. The second-order valence-electron chi connectivity index (χ2n) is 7.90. The summed E-state index contributed by atoms with van der Waals surface area (Å²) in [5.74, 6) is 1.65. The fourth-order valence-corrected chi connectivity index (χ4v) is 4.22. The summed E-state index contributed by atoms with van der Waals surface area (Å²) in [7, 11) is 0. The van der Waals surface area contributed by atoms with E-state index >= 15 is 0 Å². The number of aromatic nitrogens is 2. The largest absolute Gasteiger partial charge is 0.393 e. The Morgan fingerprint density at radius 2 is 2.12 bits per heavy atom. The van der Waals surface area contributed by atoms with Gasteiger partial charge in [0.2, 0.25) is 5.95 Å². The Balaban J connectivity index is 1.51. The summed E-state index contributed by atoms with van der Waals surface area (Å²) in [6, 6.07) is 0.0898. The van der Waals surface area contributed by atoms with Gasteiger partial charge in [0.1, 0.15) is 5.82 Å². The third-order valence-corrected chi connectivity index (χ3v) is 5.96. The van der Waals surface area contributed by atoms with Gasteiger partial charge in [-0.1, -0.05) is 6.92 Å². The molecular weight excluding hydrogens is 306 g/mol. The number of amides is 1. The first-order valence-electron chi connectivity index (χ1n) is 8.84. The molecule has 0 radical (unpaired) electrons. The number of hydrogen-bond acceptors (Lipinski definition) is 6. The van der Waals surface area contributed by atoms with Crippen molar-refractivity contribution in [1.82, 2.24) is 9.97 Å². The normalized spacial score (nSPS) is 37.1. The van der Waals surface area contributed by atoms with Crippen LogP contribution < -0.4 is 16.4 Å². The molecule has 2 bridgehead atoms. The maximum atomic E-state index is 11.7. The van der Waals surface area contributed by atoms with Crippen molar-refractivity contribution in [3.63, 3.8) is 0 Å². The van der Waals surface area contributed by atoms with E-state index in [9.17, 15) is 9.90 Å². The lowest BCUT2D eigenvalue weighted by Crippen LogP contribution is -2.63. The first-order chi connectivity index (χ1) is 11.4. The van der Waals surface area contributed by atoms with E-state index < -0.39 is 5.91 Å². The first-order valence-corrected chi connectivity index (χ1v) is 8.84. The van der Waals surface area contributed by atoms with Gasteiger partial charge in [-0.15, -0.1) is 0 Å². The molecule has 0 aromatic carbocycles. The van der Waals surface area contributed by atoms with E-state index in [4.69, 9.17) is 5.73 Å². The highest BCUT2D eigenvalue weighted by atomic mass is 16.3. The minimum Gasteiger partial charge on any atom is -0.393 e. The summed E-state index contributed by atoms with van der Waals surface area (Å²) in [6.07, 6.45) is 7.26. The maximum Gasteiger partial charge on any atom is 0.254 e. The Labute approximate surface area is 141 Å². The number of hydrogen-bond donors (Lipinski definition) is 4. The van der Waals surface area contributed by atoms with Crippen LogP contribution in [-0.2, 0) is 0 Å². The third kappa shape index (κ3) is 2.70. The molecule has 1 heterocycles.